The molecule has 0 N–H and O–H groups in total. The van der Waals surface area contributed by atoms with Crippen molar-refractivity contribution in [3.63, 3.8) is 0 Å². The monoisotopic (exact) mass is 184 g/mol. The second-order valence-corrected chi connectivity index (χ2v) is 4.03. The van der Waals surface area contributed by atoms with Crippen molar-refractivity contribution in [2.45, 2.75) is 19.3 Å². The molecule has 1 aromatic rings. The van der Waals surface area contributed by atoms with Crippen molar-refractivity contribution in [2.24, 2.45) is 5.92 Å². The molecule has 72 valence electrons. The Kier molecular flexibility index (Phi) is 2.53. The third-order valence-corrected chi connectivity index (χ3v) is 3.03. The Balaban J connectivity index is 2.26. The average molecular weight is 184 g/mol. The topological polar surface area (TPSA) is 0 Å². The Hall–Kier alpha value is -1.30. The molecule has 0 saturated heterocycles. The second-order valence-electron chi connectivity index (χ2n) is 4.03. The van der Waals surface area contributed by atoms with Crippen LogP contribution in [0.5, 0.6) is 0 Å². The molecule has 2 rings (SSSR count). The van der Waals surface area contributed by atoms with Gasteiger partial charge in [0.1, 0.15) is 0 Å². The van der Waals surface area contributed by atoms with Gasteiger partial charge in [-0.15, -0.1) is 6.58 Å². The van der Waals surface area contributed by atoms with E-state index in [-0.39, 0.29) is 0 Å². The molecule has 0 radical (unpaired) electrons. The highest BCUT2D eigenvalue weighted by Crippen LogP contribution is 2.30. The Morgan fingerprint density at radius 2 is 2.00 bits per heavy atom. The van der Waals surface area contributed by atoms with E-state index in [0.29, 0.717) is 5.92 Å². The fourth-order valence-corrected chi connectivity index (χ4v) is 2.18. The minimum absolute atomic E-state index is 0.613. The molecule has 1 unspecified atom stereocenters. The van der Waals surface area contributed by atoms with Crippen molar-refractivity contribution in [1.29, 1.82) is 0 Å². The molecule has 0 nitrogen and oxygen atoms in total. The van der Waals surface area contributed by atoms with Crippen LogP contribution in [-0.2, 0) is 12.8 Å². The molecule has 0 bridgehead atoms. The summed E-state index contributed by atoms with van der Waals surface area (Å²) in [6, 6.07) is 8.68. The summed E-state index contributed by atoms with van der Waals surface area (Å²) in [5.41, 5.74) is 4.31. The molecule has 0 aliphatic heterocycles. The van der Waals surface area contributed by atoms with Crippen LogP contribution in [0.25, 0.3) is 0 Å². The van der Waals surface area contributed by atoms with Crippen molar-refractivity contribution in [1.82, 2.24) is 0 Å². The maximum atomic E-state index is 4.17. The van der Waals surface area contributed by atoms with Crippen LogP contribution < -0.4 is 0 Å². The maximum absolute atomic E-state index is 4.17. The molecule has 14 heavy (non-hydrogen) atoms. The molecule has 0 saturated carbocycles. The van der Waals surface area contributed by atoms with Gasteiger partial charge in [0, 0.05) is 0 Å². The van der Waals surface area contributed by atoms with E-state index in [1.54, 1.807) is 0 Å². The van der Waals surface area contributed by atoms with Crippen LogP contribution in [0.3, 0.4) is 0 Å². The van der Waals surface area contributed by atoms with Gasteiger partial charge in [0.15, 0.2) is 0 Å². The molecule has 1 aliphatic rings. The minimum Gasteiger partial charge on any atom is -0.103 e. The fourth-order valence-electron chi connectivity index (χ4n) is 2.18. The van der Waals surface area contributed by atoms with E-state index in [9.17, 15) is 0 Å². The third kappa shape index (κ3) is 1.65. The minimum atomic E-state index is 0.613. The Bertz CT molecular complexity index is 360. The lowest BCUT2D eigenvalue weighted by Crippen LogP contribution is -2.16. The van der Waals surface area contributed by atoms with Gasteiger partial charge >= 0.3 is 0 Å². The first-order valence-corrected chi connectivity index (χ1v) is 5.16. The Labute approximate surface area is 86.0 Å². The van der Waals surface area contributed by atoms with Crippen LogP contribution >= 0.6 is 0 Å². The summed E-state index contributed by atoms with van der Waals surface area (Å²) in [5.74, 6) is 0.613. The van der Waals surface area contributed by atoms with E-state index in [0.717, 1.165) is 19.3 Å². The quantitative estimate of drug-likeness (QED) is 0.617. The molecular weight excluding hydrogens is 168 g/mol. The normalized spacial score (nSPS) is 20.3. The van der Waals surface area contributed by atoms with Crippen molar-refractivity contribution in [2.75, 3.05) is 0 Å². The first-order chi connectivity index (χ1) is 6.81. The molecule has 0 amide bonds. The van der Waals surface area contributed by atoms with Crippen molar-refractivity contribution in [3.05, 3.63) is 60.2 Å². The number of allylic oxidation sites excluding steroid dienone is 2. The lowest BCUT2D eigenvalue weighted by Gasteiger charge is -2.26. The van der Waals surface area contributed by atoms with Gasteiger partial charge < -0.3 is 0 Å². The van der Waals surface area contributed by atoms with Crippen LogP contribution in [-0.4, -0.2) is 0 Å². The summed E-state index contributed by atoms with van der Waals surface area (Å²) in [6.45, 7) is 7.97. The molecule has 0 aromatic heterocycles. The second kappa shape index (κ2) is 3.83. The largest absolute Gasteiger partial charge is 0.103 e. The Morgan fingerprint density at radius 1 is 1.29 bits per heavy atom. The first-order valence-electron chi connectivity index (χ1n) is 5.16. The smallest absolute Gasteiger partial charge is 0.00641 e. The zero-order valence-corrected chi connectivity index (χ0v) is 8.50. The van der Waals surface area contributed by atoms with Gasteiger partial charge in [-0.1, -0.05) is 42.5 Å². The van der Waals surface area contributed by atoms with E-state index in [1.165, 1.54) is 16.7 Å². The summed E-state index contributed by atoms with van der Waals surface area (Å²) in [6.07, 6.45) is 5.26. The van der Waals surface area contributed by atoms with Gasteiger partial charge in [-0.2, -0.15) is 0 Å². The summed E-state index contributed by atoms with van der Waals surface area (Å²) >= 11 is 0. The van der Waals surface area contributed by atoms with E-state index < -0.39 is 0 Å². The van der Waals surface area contributed by atoms with Gasteiger partial charge in [0.05, 0.1) is 0 Å². The molecule has 0 fully saturated rings. The zero-order valence-electron chi connectivity index (χ0n) is 8.50. The molecule has 1 aromatic carbocycles. The summed E-state index contributed by atoms with van der Waals surface area (Å²) in [5, 5.41) is 0. The number of hydrogen-bond donors (Lipinski definition) is 0. The van der Waals surface area contributed by atoms with Crippen LogP contribution in [0, 0.1) is 5.92 Å². The predicted octanol–water partition coefficient (Wildman–Crippen LogP) is 3.53. The molecular formula is C14H16. The van der Waals surface area contributed by atoms with Crippen LogP contribution in [0.2, 0.25) is 0 Å². The van der Waals surface area contributed by atoms with E-state index in [1.807, 2.05) is 6.08 Å². The van der Waals surface area contributed by atoms with Gasteiger partial charge in [-0.05, 0) is 36.3 Å². The standard InChI is InChI=1S/C14H16/c1-3-6-12-10-14-8-5-4-7-13(14)9-11(12)2/h3-5,7-8,12H,1-2,6,9-10H2. The van der Waals surface area contributed by atoms with Gasteiger partial charge in [0.2, 0.25) is 0 Å². The van der Waals surface area contributed by atoms with Crippen molar-refractivity contribution >= 4 is 0 Å². The first kappa shape index (κ1) is 9.26. The van der Waals surface area contributed by atoms with Crippen molar-refractivity contribution in [3.8, 4) is 0 Å². The van der Waals surface area contributed by atoms with E-state index >= 15 is 0 Å². The lowest BCUT2D eigenvalue weighted by molar-refractivity contribution is 0.582. The predicted molar refractivity (Wildman–Crippen MR) is 61.3 cm³/mol. The highest BCUT2D eigenvalue weighted by molar-refractivity contribution is 5.36. The number of rotatable bonds is 2. The molecule has 1 atom stereocenters. The van der Waals surface area contributed by atoms with Crippen molar-refractivity contribution < 1.29 is 0 Å². The Morgan fingerprint density at radius 3 is 2.71 bits per heavy atom. The number of fused-ring (bicyclic) bond motifs is 1. The van der Waals surface area contributed by atoms with Crippen LogP contribution in [0.4, 0.5) is 0 Å². The SMILES string of the molecule is C=CCC1Cc2ccccc2CC1=C. The van der Waals surface area contributed by atoms with Crippen LogP contribution in [0.15, 0.2) is 49.1 Å². The molecule has 0 heteroatoms. The van der Waals surface area contributed by atoms with E-state index in [2.05, 4.69) is 37.4 Å². The maximum Gasteiger partial charge on any atom is -0.00641 e. The molecule has 0 spiro atoms. The highest BCUT2D eigenvalue weighted by atomic mass is 14.2. The highest BCUT2D eigenvalue weighted by Gasteiger charge is 2.19. The summed E-state index contributed by atoms with van der Waals surface area (Å²) in [7, 11) is 0. The lowest BCUT2D eigenvalue weighted by atomic mass is 9.79. The zero-order chi connectivity index (χ0) is 9.97. The van der Waals surface area contributed by atoms with Crippen LogP contribution in [0.1, 0.15) is 17.5 Å². The third-order valence-electron chi connectivity index (χ3n) is 3.03. The summed E-state index contributed by atoms with van der Waals surface area (Å²) in [4.78, 5) is 0. The summed E-state index contributed by atoms with van der Waals surface area (Å²) < 4.78 is 0. The molecule has 0 heterocycles. The fraction of sp³-hybridized carbons (Fsp3) is 0.286. The van der Waals surface area contributed by atoms with E-state index in [4.69, 9.17) is 0 Å². The number of hydrogen-bond acceptors (Lipinski definition) is 0. The average Bonchev–Trinajstić information content (AvgIpc) is 2.19. The number of benzene rings is 1. The van der Waals surface area contributed by atoms with Gasteiger partial charge in [-0.3, -0.25) is 0 Å². The van der Waals surface area contributed by atoms with Gasteiger partial charge in [-0.25, -0.2) is 0 Å². The molecule has 1 aliphatic carbocycles. The van der Waals surface area contributed by atoms with Gasteiger partial charge in [0.25, 0.3) is 0 Å².